The Morgan fingerprint density at radius 2 is 2.00 bits per heavy atom. The minimum Gasteiger partial charge on any atom is -0.356 e. The Kier molecular flexibility index (Phi) is 2.63. The van der Waals surface area contributed by atoms with E-state index >= 15 is 0 Å². The van der Waals surface area contributed by atoms with Crippen LogP contribution in [0.1, 0.15) is 19.8 Å². The highest BCUT2D eigenvalue weighted by Crippen LogP contribution is 2.25. The highest BCUT2D eigenvalue weighted by molar-refractivity contribution is 5.86. The standard InChI is InChI=1S/C13H16N4/c1-10-4-7-17(8-5-10)13-11-3-2-6-14-12(11)15-9-16-13/h2-3,6,9-10H,4-5,7-8H2,1H3. The molecule has 0 bridgehead atoms. The first-order valence-corrected chi connectivity index (χ1v) is 6.15. The number of anilines is 1. The minimum atomic E-state index is 0.788. The van der Waals surface area contributed by atoms with Gasteiger partial charge in [-0.2, -0.15) is 0 Å². The van der Waals surface area contributed by atoms with Gasteiger partial charge in [0.25, 0.3) is 0 Å². The van der Waals surface area contributed by atoms with Gasteiger partial charge >= 0.3 is 0 Å². The van der Waals surface area contributed by atoms with Gasteiger partial charge in [-0.3, -0.25) is 0 Å². The highest BCUT2D eigenvalue weighted by Gasteiger charge is 2.18. The van der Waals surface area contributed by atoms with E-state index < -0.39 is 0 Å². The lowest BCUT2D eigenvalue weighted by Crippen LogP contribution is -2.33. The van der Waals surface area contributed by atoms with E-state index in [0.29, 0.717) is 0 Å². The topological polar surface area (TPSA) is 41.9 Å². The number of hydrogen-bond acceptors (Lipinski definition) is 4. The molecule has 17 heavy (non-hydrogen) atoms. The van der Waals surface area contributed by atoms with Gasteiger partial charge in [-0.1, -0.05) is 6.92 Å². The van der Waals surface area contributed by atoms with Crippen molar-refractivity contribution in [1.29, 1.82) is 0 Å². The molecule has 0 saturated carbocycles. The molecule has 2 aromatic heterocycles. The third-order valence-electron chi connectivity index (χ3n) is 3.47. The van der Waals surface area contributed by atoms with Crippen molar-refractivity contribution in [3.63, 3.8) is 0 Å². The van der Waals surface area contributed by atoms with E-state index in [4.69, 9.17) is 0 Å². The summed E-state index contributed by atoms with van der Waals surface area (Å²) in [7, 11) is 0. The number of piperidine rings is 1. The van der Waals surface area contributed by atoms with Crippen molar-refractivity contribution in [2.45, 2.75) is 19.8 Å². The third kappa shape index (κ3) is 1.95. The molecule has 0 radical (unpaired) electrons. The van der Waals surface area contributed by atoms with Crippen LogP contribution in [0.25, 0.3) is 11.0 Å². The Morgan fingerprint density at radius 3 is 2.82 bits per heavy atom. The summed E-state index contributed by atoms with van der Waals surface area (Å²) in [4.78, 5) is 15.3. The van der Waals surface area contributed by atoms with Crippen LogP contribution in [-0.4, -0.2) is 28.0 Å². The van der Waals surface area contributed by atoms with Crippen LogP contribution in [-0.2, 0) is 0 Å². The van der Waals surface area contributed by atoms with Crippen LogP contribution in [0.3, 0.4) is 0 Å². The lowest BCUT2D eigenvalue weighted by atomic mass is 9.99. The molecule has 3 heterocycles. The fraction of sp³-hybridized carbons (Fsp3) is 0.462. The van der Waals surface area contributed by atoms with Crippen LogP contribution < -0.4 is 4.90 Å². The SMILES string of the molecule is CC1CCN(c2ncnc3ncccc23)CC1. The monoisotopic (exact) mass is 228 g/mol. The molecule has 1 fully saturated rings. The van der Waals surface area contributed by atoms with Crippen molar-refractivity contribution in [3.8, 4) is 0 Å². The zero-order valence-corrected chi connectivity index (χ0v) is 10.0. The first-order chi connectivity index (χ1) is 8.34. The predicted molar refractivity (Wildman–Crippen MR) is 67.9 cm³/mol. The maximum atomic E-state index is 4.43. The van der Waals surface area contributed by atoms with Crippen molar-refractivity contribution in [3.05, 3.63) is 24.7 Å². The summed E-state index contributed by atoms with van der Waals surface area (Å²) < 4.78 is 0. The zero-order chi connectivity index (χ0) is 11.7. The van der Waals surface area contributed by atoms with Gasteiger partial charge in [-0.05, 0) is 30.9 Å². The van der Waals surface area contributed by atoms with Gasteiger partial charge in [0, 0.05) is 19.3 Å². The third-order valence-corrected chi connectivity index (χ3v) is 3.47. The Hall–Kier alpha value is -1.71. The van der Waals surface area contributed by atoms with Crippen LogP contribution in [0.2, 0.25) is 0 Å². The van der Waals surface area contributed by atoms with E-state index in [9.17, 15) is 0 Å². The van der Waals surface area contributed by atoms with Crippen LogP contribution in [0, 0.1) is 5.92 Å². The van der Waals surface area contributed by atoms with Gasteiger partial charge in [0.05, 0.1) is 5.39 Å². The molecule has 1 aliphatic rings. The van der Waals surface area contributed by atoms with Gasteiger partial charge in [0.2, 0.25) is 0 Å². The summed E-state index contributed by atoms with van der Waals surface area (Å²) in [6.07, 6.45) is 5.87. The quantitative estimate of drug-likeness (QED) is 0.750. The molecule has 0 atom stereocenters. The van der Waals surface area contributed by atoms with Crippen LogP contribution >= 0.6 is 0 Å². The second kappa shape index (κ2) is 4.28. The molecule has 0 amide bonds. The van der Waals surface area contributed by atoms with Gasteiger partial charge < -0.3 is 4.90 Å². The molecule has 3 rings (SSSR count). The largest absolute Gasteiger partial charge is 0.356 e. The first kappa shape index (κ1) is 10.4. The van der Waals surface area contributed by atoms with E-state index in [1.807, 2.05) is 6.07 Å². The van der Waals surface area contributed by atoms with Gasteiger partial charge in [-0.15, -0.1) is 0 Å². The van der Waals surface area contributed by atoms with E-state index in [2.05, 4.69) is 32.8 Å². The molecule has 0 N–H and O–H groups in total. The number of fused-ring (bicyclic) bond motifs is 1. The maximum absolute atomic E-state index is 4.43. The summed E-state index contributed by atoms with van der Waals surface area (Å²) in [5.41, 5.74) is 0.788. The zero-order valence-electron chi connectivity index (χ0n) is 10.0. The van der Waals surface area contributed by atoms with E-state index in [1.54, 1.807) is 12.5 Å². The molecule has 0 aliphatic carbocycles. The van der Waals surface area contributed by atoms with E-state index in [-0.39, 0.29) is 0 Å². The average molecular weight is 228 g/mol. The number of rotatable bonds is 1. The summed E-state index contributed by atoms with van der Waals surface area (Å²) in [6, 6.07) is 4.00. The molecule has 0 unspecified atom stereocenters. The lowest BCUT2D eigenvalue weighted by molar-refractivity contribution is 0.437. The number of hydrogen-bond donors (Lipinski definition) is 0. The summed E-state index contributed by atoms with van der Waals surface area (Å²) >= 11 is 0. The van der Waals surface area contributed by atoms with Crippen molar-refractivity contribution in [2.24, 2.45) is 5.92 Å². The highest BCUT2D eigenvalue weighted by atomic mass is 15.2. The predicted octanol–water partition coefficient (Wildman–Crippen LogP) is 2.26. The van der Waals surface area contributed by atoms with Crippen LogP contribution in [0.15, 0.2) is 24.7 Å². The Morgan fingerprint density at radius 1 is 1.18 bits per heavy atom. The molecule has 0 aromatic carbocycles. The summed E-state index contributed by atoms with van der Waals surface area (Å²) in [5.74, 6) is 1.87. The Bertz CT molecular complexity index is 512. The molecule has 0 spiro atoms. The van der Waals surface area contributed by atoms with E-state index in [1.165, 1.54) is 12.8 Å². The lowest BCUT2D eigenvalue weighted by Gasteiger charge is -2.31. The second-order valence-electron chi connectivity index (χ2n) is 4.74. The average Bonchev–Trinajstić information content (AvgIpc) is 2.39. The van der Waals surface area contributed by atoms with Gasteiger partial charge in [0.15, 0.2) is 5.65 Å². The van der Waals surface area contributed by atoms with Crippen LogP contribution in [0.4, 0.5) is 5.82 Å². The molecular formula is C13H16N4. The van der Waals surface area contributed by atoms with Crippen molar-refractivity contribution in [1.82, 2.24) is 15.0 Å². The maximum Gasteiger partial charge on any atom is 0.164 e. The molecule has 1 saturated heterocycles. The molecule has 4 nitrogen and oxygen atoms in total. The Labute approximate surface area is 101 Å². The van der Waals surface area contributed by atoms with Crippen molar-refractivity contribution >= 4 is 16.9 Å². The number of aromatic nitrogens is 3. The minimum absolute atomic E-state index is 0.788. The van der Waals surface area contributed by atoms with Crippen LogP contribution in [0.5, 0.6) is 0 Å². The number of nitrogens with zero attached hydrogens (tertiary/aromatic N) is 4. The summed E-state index contributed by atoms with van der Waals surface area (Å²) in [6.45, 7) is 4.49. The molecule has 4 heteroatoms. The van der Waals surface area contributed by atoms with Gasteiger partial charge in [-0.25, -0.2) is 15.0 Å². The second-order valence-corrected chi connectivity index (χ2v) is 4.74. The smallest absolute Gasteiger partial charge is 0.164 e. The van der Waals surface area contributed by atoms with E-state index in [0.717, 1.165) is 35.9 Å². The fourth-order valence-electron chi connectivity index (χ4n) is 2.35. The van der Waals surface area contributed by atoms with Crippen molar-refractivity contribution < 1.29 is 0 Å². The van der Waals surface area contributed by atoms with Crippen molar-refractivity contribution in [2.75, 3.05) is 18.0 Å². The molecule has 88 valence electrons. The van der Waals surface area contributed by atoms with Gasteiger partial charge in [0.1, 0.15) is 12.1 Å². The Balaban J connectivity index is 2.00. The first-order valence-electron chi connectivity index (χ1n) is 6.15. The molecular weight excluding hydrogens is 212 g/mol. The fourth-order valence-corrected chi connectivity index (χ4v) is 2.35. The normalized spacial score (nSPS) is 17.6. The molecule has 2 aromatic rings. The number of pyridine rings is 1. The molecule has 1 aliphatic heterocycles. The summed E-state index contributed by atoms with van der Waals surface area (Å²) in [5, 5.41) is 1.06.